The Labute approximate surface area is 91.9 Å². The molecule has 0 spiro atoms. The van der Waals surface area contributed by atoms with Crippen molar-refractivity contribution in [2.75, 3.05) is 12.8 Å². The summed E-state index contributed by atoms with van der Waals surface area (Å²) in [6, 6.07) is 4.26. The molecule has 0 heterocycles. The maximum atomic E-state index is 11.0. The van der Waals surface area contributed by atoms with Crippen molar-refractivity contribution in [2.45, 2.75) is 12.2 Å². The van der Waals surface area contributed by atoms with Gasteiger partial charge in [0.05, 0.1) is 12.8 Å². The highest BCUT2D eigenvalue weighted by atomic mass is 16.5. The Morgan fingerprint density at radius 2 is 2.06 bits per heavy atom. The van der Waals surface area contributed by atoms with Gasteiger partial charge in [-0.3, -0.25) is 0 Å². The van der Waals surface area contributed by atoms with Gasteiger partial charge in [0.1, 0.15) is 11.9 Å². The van der Waals surface area contributed by atoms with Crippen LogP contribution in [0.1, 0.15) is 11.7 Å². The fraction of sp³-hybridized carbons (Fsp3) is 0.300. The number of aliphatic hydroxyl groups excluding tert-OH is 2. The van der Waals surface area contributed by atoms with Crippen LogP contribution in [0.3, 0.4) is 0 Å². The molecule has 1 rings (SSSR count). The number of para-hydroxylation sites is 1. The molecule has 0 bridgehead atoms. The van der Waals surface area contributed by atoms with Crippen molar-refractivity contribution in [1.29, 1.82) is 0 Å². The van der Waals surface area contributed by atoms with Gasteiger partial charge in [0, 0.05) is 5.56 Å². The number of esters is 1. The fourth-order valence-corrected chi connectivity index (χ4v) is 1.24. The number of aromatic hydroxyl groups is 1. The van der Waals surface area contributed by atoms with Crippen LogP contribution in [0.15, 0.2) is 18.2 Å². The van der Waals surface area contributed by atoms with Gasteiger partial charge in [0.15, 0.2) is 6.10 Å². The molecule has 2 unspecified atom stereocenters. The number of nitrogen functional groups attached to an aromatic ring is 1. The lowest BCUT2D eigenvalue weighted by atomic mass is 10.0. The van der Waals surface area contributed by atoms with Crippen molar-refractivity contribution in [3.05, 3.63) is 23.8 Å². The van der Waals surface area contributed by atoms with Gasteiger partial charge in [0.2, 0.25) is 0 Å². The molecule has 88 valence electrons. The maximum absolute atomic E-state index is 11.0. The molecule has 6 nitrogen and oxygen atoms in total. The van der Waals surface area contributed by atoms with Crippen molar-refractivity contribution in [3.63, 3.8) is 0 Å². The van der Waals surface area contributed by atoms with E-state index in [0.717, 1.165) is 7.11 Å². The third kappa shape index (κ3) is 2.23. The number of carbonyl (C=O) groups excluding carboxylic acids is 1. The van der Waals surface area contributed by atoms with E-state index >= 15 is 0 Å². The Balaban J connectivity index is 3.00. The Morgan fingerprint density at radius 1 is 1.44 bits per heavy atom. The monoisotopic (exact) mass is 227 g/mol. The van der Waals surface area contributed by atoms with E-state index in [1.165, 1.54) is 18.2 Å². The van der Waals surface area contributed by atoms with Gasteiger partial charge < -0.3 is 25.8 Å². The first kappa shape index (κ1) is 12.3. The number of anilines is 1. The number of carbonyl (C=O) groups is 1. The van der Waals surface area contributed by atoms with Gasteiger partial charge in [0.25, 0.3) is 0 Å². The number of methoxy groups -OCH3 is 1. The zero-order valence-corrected chi connectivity index (χ0v) is 8.62. The predicted octanol–water partition coefficient (Wildman–Crippen LogP) is -0.458. The van der Waals surface area contributed by atoms with E-state index in [1.54, 1.807) is 0 Å². The van der Waals surface area contributed by atoms with Gasteiger partial charge in [-0.1, -0.05) is 12.1 Å². The molecular weight excluding hydrogens is 214 g/mol. The molecule has 1 aromatic rings. The molecule has 0 aliphatic carbocycles. The summed E-state index contributed by atoms with van der Waals surface area (Å²) in [4.78, 5) is 11.0. The van der Waals surface area contributed by atoms with E-state index in [-0.39, 0.29) is 17.0 Å². The Morgan fingerprint density at radius 3 is 2.62 bits per heavy atom. The van der Waals surface area contributed by atoms with Crippen LogP contribution < -0.4 is 5.73 Å². The highest BCUT2D eigenvalue weighted by Crippen LogP contribution is 2.31. The van der Waals surface area contributed by atoms with Crippen LogP contribution in [-0.2, 0) is 9.53 Å². The molecule has 0 aliphatic heterocycles. The minimum Gasteiger partial charge on any atom is -0.505 e. The van der Waals surface area contributed by atoms with Crippen molar-refractivity contribution in [3.8, 4) is 5.75 Å². The molecule has 0 radical (unpaired) electrons. The van der Waals surface area contributed by atoms with Crippen molar-refractivity contribution in [1.82, 2.24) is 0 Å². The molecule has 0 aliphatic rings. The summed E-state index contributed by atoms with van der Waals surface area (Å²) in [6.45, 7) is 0. The third-order valence-electron chi connectivity index (χ3n) is 2.16. The van der Waals surface area contributed by atoms with Gasteiger partial charge >= 0.3 is 5.97 Å². The van der Waals surface area contributed by atoms with E-state index in [9.17, 15) is 20.1 Å². The number of phenols is 1. The van der Waals surface area contributed by atoms with Gasteiger partial charge in [-0.05, 0) is 6.07 Å². The van der Waals surface area contributed by atoms with Crippen LogP contribution in [0.25, 0.3) is 0 Å². The molecule has 1 aromatic carbocycles. The molecule has 0 aromatic heterocycles. The van der Waals surface area contributed by atoms with Crippen molar-refractivity contribution < 1.29 is 24.9 Å². The normalized spacial score (nSPS) is 14.2. The zero-order valence-electron chi connectivity index (χ0n) is 8.62. The third-order valence-corrected chi connectivity index (χ3v) is 2.16. The molecule has 2 atom stereocenters. The Hall–Kier alpha value is -1.79. The molecule has 16 heavy (non-hydrogen) atoms. The second-order valence-electron chi connectivity index (χ2n) is 3.20. The van der Waals surface area contributed by atoms with E-state index < -0.39 is 18.2 Å². The number of benzene rings is 1. The van der Waals surface area contributed by atoms with Crippen LogP contribution in [-0.4, -0.2) is 34.5 Å². The summed E-state index contributed by atoms with van der Waals surface area (Å²) < 4.78 is 4.26. The summed E-state index contributed by atoms with van der Waals surface area (Å²) in [6.07, 6.45) is -3.35. The first-order chi connectivity index (χ1) is 7.49. The van der Waals surface area contributed by atoms with Gasteiger partial charge in [-0.15, -0.1) is 0 Å². The molecule has 0 saturated heterocycles. The van der Waals surface area contributed by atoms with Gasteiger partial charge in [-0.2, -0.15) is 0 Å². The summed E-state index contributed by atoms with van der Waals surface area (Å²) in [5, 5.41) is 28.5. The smallest absolute Gasteiger partial charge is 0.337 e. The minimum atomic E-state index is -1.77. The summed E-state index contributed by atoms with van der Waals surface area (Å²) in [5.41, 5.74) is 5.43. The fourth-order valence-electron chi connectivity index (χ4n) is 1.24. The standard InChI is InChI=1S/C10H13NO5/c1-16-10(15)9(14)8(13)5-3-2-4-6(11)7(5)12/h2-4,8-9,12-14H,11H2,1H3. The van der Waals surface area contributed by atoms with Gasteiger partial charge in [-0.25, -0.2) is 4.79 Å². The lowest BCUT2D eigenvalue weighted by Gasteiger charge is -2.17. The number of hydrogen-bond donors (Lipinski definition) is 4. The highest BCUT2D eigenvalue weighted by molar-refractivity contribution is 5.75. The maximum Gasteiger partial charge on any atom is 0.337 e. The van der Waals surface area contributed by atoms with Crippen LogP contribution in [0.2, 0.25) is 0 Å². The SMILES string of the molecule is COC(=O)C(O)C(O)c1cccc(N)c1O. The minimum absolute atomic E-state index is 0.0297. The molecule has 0 fully saturated rings. The average molecular weight is 227 g/mol. The lowest BCUT2D eigenvalue weighted by Crippen LogP contribution is -2.29. The topological polar surface area (TPSA) is 113 Å². The number of aliphatic hydroxyl groups is 2. The average Bonchev–Trinajstić information content (AvgIpc) is 2.29. The molecular formula is C10H13NO5. The zero-order chi connectivity index (χ0) is 12.3. The molecule has 0 saturated carbocycles. The number of ether oxygens (including phenoxy) is 1. The highest BCUT2D eigenvalue weighted by Gasteiger charge is 2.28. The number of phenolic OH excluding ortho intramolecular Hbond substituents is 1. The van der Waals surface area contributed by atoms with Crippen LogP contribution in [0, 0.1) is 0 Å². The Bertz CT molecular complexity index is 393. The second kappa shape index (κ2) is 4.82. The first-order valence-corrected chi connectivity index (χ1v) is 4.50. The summed E-state index contributed by atoms with van der Waals surface area (Å²) >= 11 is 0. The van der Waals surface area contributed by atoms with E-state index in [1.807, 2.05) is 0 Å². The van der Waals surface area contributed by atoms with Crippen molar-refractivity contribution in [2.24, 2.45) is 0 Å². The number of rotatable bonds is 3. The molecule has 0 amide bonds. The quantitative estimate of drug-likeness (QED) is 0.316. The van der Waals surface area contributed by atoms with Crippen LogP contribution >= 0.6 is 0 Å². The predicted molar refractivity (Wildman–Crippen MR) is 55.5 cm³/mol. The lowest BCUT2D eigenvalue weighted by molar-refractivity contribution is -0.156. The first-order valence-electron chi connectivity index (χ1n) is 4.50. The molecule has 5 N–H and O–H groups in total. The van der Waals surface area contributed by atoms with Crippen LogP contribution in [0.5, 0.6) is 5.75 Å². The summed E-state index contributed by atoms with van der Waals surface area (Å²) in [5.74, 6) is -1.35. The van der Waals surface area contributed by atoms with E-state index in [0.29, 0.717) is 0 Å². The van der Waals surface area contributed by atoms with Crippen molar-refractivity contribution >= 4 is 11.7 Å². The van der Waals surface area contributed by atoms with Crippen LogP contribution in [0.4, 0.5) is 5.69 Å². The molecule has 6 heteroatoms. The van der Waals surface area contributed by atoms with E-state index in [4.69, 9.17) is 5.73 Å². The number of hydrogen-bond acceptors (Lipinski definition) is 6. The largest absolute Gasteiger partial charge is 0.505 e. The second-order valence-corrected chi connectivity index (χ2v) is 3.20. The van der Waals surface area contributed by atoms with E-state index in [2.05, 4.69) is 4.74 Å². The summed E-state index contributed by atoms with van der Waals surface area (Å²) in [7, 11) is 1.08. The Kier molecular flexibility index (Phi) is 3.70. The number of nitrogens with two attached hydrogens (primary N) is 1.